The first kappa shape index (κ1) is 12.2. The van der Waals surface area contributed by atoms with Crippen LogP contribution in [0.5, 0.6) is 0 Å². The maximum atomic E-state index is 12.0. The molecule has 0 bridgehead atoms. The number of carbonyl (C=O) groups excluding carboxylic acids is 1. The van der Waals surface area contributed by atoms with Gasteiger partial charge >= 0.3 is 0 Å². The lowest BCUT2D eigenvalue weighted by Gasteiger charge is -2.13. The molecule has 0 fully saturated rings. The summed E-state index contributed by atoms with van der Waals surface area (Å²) in [5, 5.41) is 2.81. The standard InChI is InChI=1S/C13H14N4O/c1-9(14)11-4-2-3-5-12(11)17-13(18)10-6-15-8-16-7-10/h2-9H,14H2,1H3,(H,17,18). The van der Waals surface area contributed by atoms with E-state index in [1.165, 1.54) is 18.7 Å². The van der Waals surface area contributed by atoms with Crippen LogP contribution < -0.4 is 11.1 Å². The Morgan fingerprint density at radius 2 is 1.94 bits per heavy atom. The van der Waals surface area contributed by atoms with E-state index in [1.807, 2.05) is 31.2 Å². The predicted molar refractivity (Wildman–Crippen MR) is 69.0 cm³/mol. The highest BCUT2D eigenvalue weighted by molar-refractivity contribution is 6.04. The van der Waals surface area contributed by atoms with Crippen molar-refractivity contribution >= 4 is 11.6 Å². The first-order chi connectivity index (χ1) is 8.68. The van der Waals surface area contributed by atoms with Crippen LogP contribution >= 0.6 is 0 Å². The van der Waals surface area contributed by atoms with E-state index < -0.39 is 0 Å². The molecule has 1 atom stereocenters. The van der Waals surface area contributed by atoms with Gasteiger partial charge in [-0.15, -0.1) is 0 Å². The second-order valence-corrected chi connectivity index (χ2v) is 3.96. The van der Waals surface area contributed by atoms with Crippen LogP contribution in [-0.4, -0.2) is 15.9 Å². The number of nitrogens with one attached hydrogen (secondary N) is 1. The summed E-state index contributed by atoms with van der Waals surface area (Å²) in [6.45, 7) is 1.87. The third kappa shape index (κ3) is 2.70. The number of nitrogens with two attached hydrogens (primary N) is 1. The zero-order valence-corrected chi connectivity index (χ0v) is 10.00. The topological polar surface area (TPSA) is 80.9 Å². The van der Waals surface area contributed by atoms with Crippen LogP contribution in [0.15, 0.2) is 43.0 Å². The molecule has 0 spiro atoms. The average molecular weight is 242 g/mol. The highest BCUT2D eigenvalue weighted by Gasteiger charge is 2.10. The van der Waals surface area contributed by atoms with Gasteiger partial charge in [-0.3, -0.25) is 4.79 Å². The first-order valence-corrected chi connectivity index (χ1v) is 5.59. The minimum atomic E-state index is -0.247. The summed E-state index contributed by atoms with van der Waals surface area (Å²) in [6, 6.07) is 7.30. The van der Waals surface area contributed by atoms with Crippen LogP contribution in [-0.2, 0) is 0 Å². The van der Waals surface area contributed by atoms with Crippen LogP contribution in [0.25, 0.3) is 0 Å². The van der Waals surface area contributed by atoms with E-state index in [1.54, 1.807) is 0 Å². The van der Waals surface area contributed by atoms with Gasteiger partial charge in [-0.2, -0.15) is 0 Å². The summed E-state index contributed by atoms with van der Waals surface area (Å²) in [6.07, 6.45) is 4.32. The Labute approximate surface area is 105 Å². The number of hydrogen-bond acceptors (Lipinski definition) is 4. The molecule has 2 aromatic rings. The molecule has 1 amide bonds. The molecule has 1 unspecified atom stereocenters. The largest absolute Gasteiger partial charge is 0.324 e. The number of nitrogens with zero attached hydrogens (tertiary/aromatic N) is 2. The Kier molecular flexibility index (Phi) is 3.64. The van der Waals surface area contributed by atoms with Crippen molar-refractivity contribution in [1.82, 2.24) is 9.97 Å². The van der Waals surface area contributed by atoms with Gasteiger partial charge in [0.1, 0.15) is 6.33 Å². The van der Waals surface area contributed by atoms with Gasteiger partial charge in [-0.1, -0.05) is 18.2 Å². The van der Waals surface area contributed by atoms with Gasteiger partial charge in [-0.25, -0.2) is 9.97 Å². The molecular weight excluding hydrogens is 228 g/mol. The smallest absolute Gasteiger partial charge is 0.258 e. The fourth-order valence-corrected chi connectivity index (χ4v) is 1.62. The Morgan fingerprint density at radius 1 is 1.28 bits per heavy atom. The number of rotatable bonds is 3. The Balaban J connectivity index is 2.22. The summed E-state index contributed by atoms with van der Waals surface area (Å²) in [5.74, 6) is -0.247. The molecule has 0 radical (unpaired) electrons. The Morgan fingerprint density at radius 3 is 2.61 bits per heavy atom. The maximum Gasteiger partial charge on any atom is 0.258 e. The quantitative estimate of drug-likeness (QED) is 0.859. The normalized spacial score (nSPS) is 11.9. The van der Waals surface area contributed by atoms with E-state index in [0.29, 0.717) is 11.3 Å². The molecule has 1 aromatic carbocycles. The van der Waals surface area contributed by atoms with Crippen LogP contribution in [0, 0.1) is 0 Å². The van der Waals surface area contributed by atoms with Crippen molar-refractivity contribution in [1.29, 1.82) is 0 Å². The van der Waals surface area contributed by atoms with Crippen LogP contribution in [0.3, 0.4) is 0 Å². The minimum absolute atomic E-state index is 0.145. The number of anilines is 1. The van der Waals surface area contributed by atoms with Gasteiger partial charge in [-0.05, 0) is 18.6 Å². The number of hydrogen-bond donors (Lipinski definition) is 2. The van der Waals surface area contributed by atoms with E-state index in [2.05, 4.69) is 15.3 Å². The highest BCUT2D eigenvalue weighted by atomic mass is 16.1. The Bertz CT molecular complexity index is 540. The van der Waals surface area contributed by atoms with Gasteiger partial charge in [0.15, 0.2) is 0 Å². The first-order valence-electron chi connectivity index (χ1n) is 5.59. The number of benzene rings is 1. The van der Waals surface area contributed by atoms with Gasteiger partial charge in [0.05, 0.1) is 5.56 Å². The fraction of sp³-hybridized carbons (Fsp3) is 0.154. The van der Waals surface area contributed by atoms with Crippen LogP contribution in [0.4, 0.5) is 5.69 Å². The molecule has 1 heterocycles. The summed E-state index contributed by atoms with van der Waals surface area (Å²) >= 11 is 0. The lowest BCUT2D eigenvalue weighted by molar-refractivity contribution is 0.102. The van der Waals surface area contributed by atoms with Gasteiger partial charge in [0.25, 0.3) is 5.91 Å². The van der Waals surface area contributed by atoms with Gasteiger partial charge in [0, 0.05) is 24.1 Å². The van der Waals surface area contributed by atoms with Gasteiger partial charge < -0.3 is 11.1 Å². The van der Waals surface area contributed by atoms with E-state index in [0.717, 1.165) is 5.56 Å². The van der Waals surface area contributed by atoms with Crippen molar-refractivity contribution in [3.63, 3.8) is 0 Å². The molecule has 0 saturated carbocycles. The molecule has 92 valence electrons. The van der Waals surface area contributed by atoms with Crippen LogP contribution in [0.2, 0.25) is 0 Å². The van der Waals surface area contributed by atoms with Crippen molar-refractivity contribution in [3.05, 3.63) is 54.1 Å². The molecule has 0 aliphatic carbocycles. The highest BCUT2D eigenvalue weighted by Crippen LogP contribution is 2.21. The summed E-state index contributed by atoms with van der Waals surface area (Å²) in [7, 11) is 0. The summed E-state index contributed by atoms with van der Waals surface area (Å²) in [5.41, 5.74) is 7.87. The van der Waals surface area contributed by atoms with Crippen LogP contribution in [0.1, 0.15) is 28.9 Å². The van der Waals surface area contributed by atoms with Crippen molar-refractivity contribution in [3.8, 4) is 0 Å². The van der Waals surface area contributed by atoms with E-state index in [9.17, 15) is 4.79 Å². The summed E-state index contributed by atoms with van der Waals surface area (Å²) in [4.78, 5) is 19.6. The SMILES string of the molecule is CC(N)c1ccccc1NC(=O)c1cncnc1. The second kappa shape index (κ2) is 5.37. The predicted octanol–water partition coefficient (Wildman–Crippen LogP) is 1.75. The fourth-order valence-electron chi connectivity index (χ4n) is 1.62. The van der Waals surface area contributed by atoms with Crippen molar-refractivity contribution in [2.75, 3.05) is 5.32 Å². The lowest BCUT2D eigenvalue weighted by atomic mass is 10.1. The van der Waals surface area contributed by atoms with Gasteiger partial charge in [0.2, 0.25) is 0 Å². The molecule has 0 aliphatic heterocycles. The number of carbonyl (C=O) groups is 1. The number of amides is 1. The van der Waals surface area contributed by atoms with Crippen molar-refractivity contribution in [2.24, 2.45) is 5.73 Å². The average Bonchev–Trinajstić information content (AvgIpc) is 2.40. The second-order valence-electron chi connectivity index (χ2n) is 3.96. The monoisotopic (exact) mass is 242 g/mol. The molecular formula is C13H14N4O. The minimum Gasteiger partial charge on any atom is -0.324 e. The third-order valence-corrected chi connectivity index (χ3v) is 2.52. The molecule has 2 rings (SSSR count). The van der Waals surface area contributed by atoms with E-state index in [-0.39, 0.29) is 11.9 Å². The number of para-hydroxylation sites is 1. The summed E-state index contributed by atoms with van der Waals surface area (Å²) < 4.78 is 0. The van der Waals surface area contributed by atoms with Crippen molar-refractivity contribution < 1.29 is 4.79 Å². The van der Waals surface area contributed by atoms with E-state index >= 15 is 0 Å². The molecule has 5 heteroatoms. The van der Waals surface area contributed by atoms with Crippen molar-refractivity contribution in [2.45, 2.75) is 13.0 Å². The molecule has 3 N–H and O–H groups in total. The maximum absolute atomic E-state index is 12.0. The third-order valence-electron chi connectivity index (χ3n) is 2.52. The lowest BCUT2D eigenvalue weighted by Crippen LogP contribution is -2.16. The molecule has 5 nitrogen and oxygen atoms in total. The molecule has 0 saturated heterocycles. The zero-order chi connectivity index (χ0) is 13.0. The molecule has 1 aromatic heterocycles. The van der Waals surface area contributed by atoms with E-state index in [4.69, 9.17) is 5.73 Å². The number of aromatic nitrogens is 2. The molecule has 18 heavy (non-hydrogen) atoms. The Hall–Kier alpha value is -2.27. The molecule has 0 aliphatic rings. The zero-order valence-electron chi connectivity index (χ0n) is 10.00.